The molecule has 1 aromatic carbocycles. The summed E-state index contributed by atoms with van der Waals surface area (Å²) in [5, 5.41) is 8.05. The molecule has 0 aliphatic rings. The predicted octanol–water partition coefficient (Wildman–Crippen LogP) is 0.486. The number of hydrogen-bond donors (Lipinski definition) is 2. The third kappa shape index (κ3) is 3.99. The van der Waals surface area contributed by atoms with E-state index in [1.54, 1.807) is 24.3 Å². The van der Waals surface area contributed by atoms with Crippen LogP contribution in [0.1, 0.15) is 12.0 Å². The number of nitrogens with two attached hydrogens (primary N) is 1. The van der Waals surface area contributed by atoms with Crippen LogP contribution in [-0.2, 0) is 16.4 Å². The summed E-state index contributed by atoms with van der Waals surface area (Å²) in [7, 11) is -1.65. The highest BCUT2D eigenvalue weighted by Crippen LogP contribution is 2.09. The van der Waals surface area contributed by atoms with Crippen molar-refractivity contribution in [1.82, 2.24) is 5.32 Å². The maximum absolute atomic E-state index is 11.0. The average molecular weight is 228 g/mol. The van der Waals surface area contributed by atoms with E-state index >= 15 is 0 Å². The minimum atomic E-state index is -3.56. The maximum atomic E-state index is 11.0. The van der Waals surface area contributed by atoms with Gasteiger partial charge in [-0.15, -0.1) is 0 Å². The van der Waals surface area contributed by atoms with Crippen LogP contribution in [0.3, 0.4) is 0 Å². The number of benzene rings is 1. The Balaban J connectivity index is 2.65. The normalized spacial score (nSPS) is 11.6. The van der Waals surface area contributed by atoms with Gasteiger partial charge in [0, 0.05) is 0 Å². The first-order valence-corrected chi connectivity index (χ1v) is 6.35. The second kappa shape index (κ2) is 5.25. The second-order valence-electron chi connectivity index (χ2n) is 3.40. The van der Waals surface area contributed by atoms with Crippen LogP contribution in [0.25, 0.3) is 0 Å². The summed E-state index contributed by atoms with van der Waals surface area (Å²) < 4.78 is 21.9. The Hall–Kier alpha value is -0.910. The summed E-state index contributed by atoms with van der Waals surface area (Å²) in [6.45, 7) is 0.955. The molecular formula is C10H16N2O2S. The molecule has 1 rings (SSSR count). The Labute approximate surface area is 90.5 Å². The number of aryl methyl sites for hydroxylation is 1. The lowest BCUT2D eigenvalue weighted by Gasteiger charge is -2.02. The predicted molar refractivity (Wildman–Crippen MR) is 60.1 cm³/mol. The Morgan fingerprint density at radius 3 is 2.33 bits per heavy atom. The minimum absolute atomic E-state index is 0.167. The molecule has 0 fully saturated rings. The van der Waals surface area contributed by atoms with E-state index in [-0.39, 0.29) is 4.90 Å². The van der Waals surface area contributed by atoms with E-state index in [0.717, 1.165) is 24.9 Å². The van der Waals surface area contributed by atoms with Crippen molar-refractivity contribution in [1.29, 1.82) is 0 Å². The lowest BCUT2D eigenvalue weighted by molar-refractivity contribution is 0.597. The third-order valence-electron chi connectivity index (χ3n) is 2.14. The van der Waals surface area contributed by atoms with Crippen LogP contribution in [0.4, 0.5) is 0 Å². The molecule has 0 amide bonds. The molecule has 0 saturated carbocycles. The van der Waals surface area contributed by atoms with E-state index in [2.05, 4.69) is 5.32 Å². The van der Waals surface area contributed by atoms with E-state index in [0.29, 0.717) is 0 Å². The lowest BCUT2D eigenvalue weighted by atomic mass is 10.1. The minimum Gasteiger partial charge on any atom is -0.320 e. The van der Waals surface area contributed by atoms with Crippen LogP contribution in [-0.4, -0.2) is 22.0 Å². The molecule has 0 heterocycles. The van der Waals surface area contributed by atoms with E-state index < -0.39 is 10.0 Å². The monoisotopic (exact) mass is 228 g/mol. The van der Waals surface area contributed by atoms with Crippen molar-refractivity contribution in [3.05, 3.63) is 29.8 Å². The fourth-order valence-electron chi connectivity index (χ4n) is 1.32. The molecule has 0 bridgehead atoms. The number of sulfonamides is 1. The average Bonchev–Trinajstić information content (AvgIpc) is 2.18. The van der Waals surface area contributed by atoms with Gasteiger partial charge in [0.2, 0.25) is 10.0 Å². The summed E-state index contributed by atoms with van der Waals surface area (Å²) >= 11 is 0. The highest BCUT2D eigenvalue weighted by Gasteiger charge is 2.06. The van der Waals surface area contributed by atoms with E-state index in [1.165, 1.54) is 0 Å². The lowest BCUT2D eigenvalue weighted by Crippen LogP contribution is -2.12. The van der Waals surface area contributed by atoms with E-state index in [1.807, 2.05) is 7.05 Å². The molecule has 0 aliphatic heterocycles. The largest absolute Gasteiger partial charge is 0.320 e. The zero-order valence-electron chi connectivity index (χ0n) is 8.73. The molecule has 1 aromatic rings. The summed E-state index contributed by atoms with van der Waals surface area (Å²) in [6.07, 6.45) is 1.97. The molecular weight excluding hydrogens is 212 g/mol. The van der Waals surface area contributed by atoms with Crippen LogP contribution >= 0.6 is 0 Å². The van der Waals surface area contributed by atoms with Gasteiger partial charge in [-0.2, -0.15) is 0 Å². The molecule has 0 saturated heterocycles. The number of nitrogens with one attached hydrogen (secondary N) is 1. The van der Waals surface area contributed by atoms with Crippen molar-refractivity contribution in [2.24, 2.45) is 5.14 Å². The Morgan fingerprint density at radius 2 is 1.87 bits per heavy atom. The first-order valence-electron chi connectivity index (χ1n) is 4.80. The molecule has 0 aromatic heterocycles. The highest BCUT2D eigenvalue weighted by molar-refractivity contribution is 7.89. The standard InChI is InChI=1S/C10H16N2O2S/c1-12-8-2-3-9-4-6-10(7-5-9)15(11,13)14/h4-7,12H,2-3,8H2,1H3,(H2,11,13,14). The third-order valence-corrected chi connectivity index (χ3v) is 3.07. The van der Waals surface area contributed by atoms with Gasteiger partial charge in [-0.25, -0.2) is 13.6 Å². The van der Waals surface area contributed by atoms with Gasteiger partial charge < -0.3 is 5.32 Å². The van der Waals surface area contributed by atoms with Crippen molar-refractivity contribution in [2.45, 2.75) is 17.7 Å². The fourth-order valence-corrected chi connectivity index (χ4v) is 1.83. The molecule has 0 atom stereocenters. The second-order valence-corrected chi connectivity index (χ2v) is 4.96. The molecule has 3 N–H and O–H groups in total. The molecule has 84 valence electrons. The van der Waals surface area contributed by atoms with Gasteiger partial charge >= 0.3 is 0 Å². The van der Waals surface area contributed by atoms with Gasteiger partial charge in [0.25, 0.3) is 0 Å². The van der Waals surface area contributed by atoms with E-state index in [9.17, 15) is 8.42 Å². The molecule has 0 unspecified atom stereocenters. The van der Waals surface area contributed by atoms with Crippen LogP contribution in [0.2, 0.25) is 0 Å². The van der Waals surface area contributed by atoms with Gasteiger partial charge in [-0.05, 0) is 44.1 Å². The summed E-state index contributed by atoms with van der Waals surface area (Å²) in [5.74, 6) is 0. The van der Waals surface area contributed by atoms with Crippen LogP contribution in [0.5, 0.6) is 0 Å². The molecule has 5 heteroatoms. The highest BCUT2D eigenvalue weighted by atomic mass is 32.2. The van der Waals surface area contributed by atoms with Crippen molar-refractivity contribution < 1.29 is 8.42 Å². The number of rotatable bonds is 5. The van der Waals surface area contributed by atoms with E-state index in [4.69, 9.17) is 5.14 Å². The smallest absolute Gasteiger partial charge is 0.238 e. The van der Waals surface area contributed by atoms with Gasteiger partial charge in [0.05, 0.1) is 4.90 Å². The fraction of sp³-hybridized carbons (Fsp3) is 0.400. The SMILES string of the molecule is CNCCCc1ccc(S(N)(=O)=O)cc1. The van der Waals surface area contributed by atoms with Crippen molar-refractivity contribution in [3.8, 4) is 0 Å². The van der Waals surface area contributed by atoms with Gasteiger partial charge in [-0.3, -0.25) is 0 Å². The molecule has 0 aliphatic carbocycles. The van der Waals surface area contributed by atoms with Crippen molar-refractivity contribution in [2.75, 3.05) is 13.6 Å². The first kappa shape index (κ1) is 12.2. The summed E-state index contributed by atoms with van der Waals surface area (Å²) in [5.41, 5.74) is 1.12. The zero-order chi connectivity index (χ0) is 11.3. The molecule has 0 spiro atoms. The van der Waals surface area contributed by atoms with Gasteiger partial charge in [0.15, 0.2) is 0 Å². The zero-order valence-corrected chi connectivity index (χ0v) is 9.55. The quantitative estimate of drug-likeness (QED) is 0.720. The first-order chi connectivity index (χ1) is 7.04. The maximum Gasteiger partial charge on any atom is 0.238 e. The van der Waals surface area contributed by atoms with Crippen LogP contribution < -0.4 is 10.5 Å². The summed E-state index contributed by atoms with van der Waals surface area (Å²) in [4.78, 5) is 0.167. The van der Waals surface area contributed by atoms with Crippen LogP contribution in [0, 0.1) is 0 Å². The van der Waals surface area contributed by atoms with Crippen LogP contribution in [0.15, 0.2) is 29.2 Å². The Bertz CT molecular complexity index is 398. The molecule has 0 radical (unpaired) electrons. The van der Waals surface area contributed by atoms with Gasteiger partial charge in [-0.1, -0.05) is 12.1 Å². The molecule has 4 nitrogen and oxygen atoms in total. The van der Waals surface area contributed by atoms with Crippen molar-refractivity contribution >= 4 is 10.0 Å². The summed E-state index contributed by atoms with van der Waals surface area (Å²) in [6, 6.07) is 6.69. The topological polar surface area (TPSA) is 72.2 Å². The van der Waals surface area contributed by atoms with Gasteiger partial charge in [0.1, 0.15) is 0 Å². The number of hydrogen-bond acceptors (Lipinski definition) is 3. The Kier molecular flexibility index (Phi) is 4.26. The Morgan fingerprint density at radius 1 is 1.27 bits per heavy atom. The van der Waals surface area contributed by atoms with Crippen molar-refractivity contribution in [3.63, 3.8) is 0 Å². The number of primary sulfonamides is 1. The molecule has 15 heavy (non-hydrogen) atoms.